The van der Waals surface area contributed by atoms with E-state index in [-0.39, 0.29) is 22.8 Å². The van der Waals surface area contributed by atoms with E-state index in [0.717, 1.165) is 5.39 Å². The van der Waals surface area contributed by atoms with Crippen molar-refractivity contribution in [3.8, 4) is 11.5 Å². The van der Waals surface area contributed by atoms with Gasteiger partial charge in [0.15, 0.2) is 5.69 Å². The third-order valence-electron chi connectivity index (χ3n) is 3.59. The highest BCUT2D eigenvalue weighted by Crippen LogP contribution is 2.38. The maximum atomic E-state index is 11.2. The first-order valence-electron chi connectivity index (χ1n) is 7.64. The van der Waals surface area contributed by atoms with Crippen LogP contribution in [0.15, 0.2) is 64.8 Å². The largest absolute Gasteiger partial charge is 0.506 e. The van der Waals surface area contributed by atoms with Gasteiger partial charge in [-0.2, -0.15) is 0 Å². The van der Waals surface area contributed by atoms with Crippen LogP contribution >= 0.6 is 0 Å². The molecule has 25 heavy (non-hydrogen) atoms. The fourth-order valence-corrected chi connectivity index (χ4v) is 2.45. The highest BCUT2D eigenvalue weighted by Gasteiger charge is 2.15. The molecule has 0 aliphatic heterocycles. The number of aromatic hydroxyl groups is 1. The SMILES string of the molecule is CCOc1ccc([N+](=O)[O-])c(N=Nc2c(O)ccc3ccccc23)c1. The third kappa shape index (κ3) is 3.40. The zero-order valence-electron chi connectivity index (χ0n) is 13.4. The molecule has 7 nitrogen and oxygen atoms in total. The lowest BCUT2D eigenvalue weighted by Gasteiger charge is -2.05. The van der Waals surface area contributed by atoms with E-state index in [9.17, 15) is 15.2 Å². The Bertz CT molecular complexity index is 970. The van der Waals surface area contributed by atoms with E-state index in [2.05, 4.69) is 10.2 Å². The van der Waals surface area contributed by atoms with E-state index in [1.807, 2.05) is 25.1 Å². The number of hydrogen-bond donors (Lipinski definition) is 1. The summed E-state index contributed by atoms with van der Waals surface area (Å²) in [5, 5.41) is 30.9. The molecule has 0 radical (unpaired) electrons. The highest BCUT2D eigenvalue weighted by atomic mass is 16.6. The molecule has 7 heteroatoms. The van der Waals surface area contributed by atoms with Crippen LogP contribution in [0.5, 0.6) is 11.5 Å². The lowest BCUT2D eigenvalue weighted by Crippen LogP contribution is -1.93. The molecule has 0 saturated carbocycles. The van der Waals surface area contributed by atoms with Crippen LogP contribution in [0.1, 0.15) is 6.92 Å². The van der Waals surface area contributed by atoms with Gasteiger partial charge in [0.1, 0.15) is 17.2 Å². The minimum Gasteiger partial charge on any atom is -0.506 e. The number of benzene rings is 3. The topological polar surface area (TPSA) is 97.3 Å². The summed E-state index contributed by atoms with van der Waals surface area (Å²) in [5.74, 6) is 0.412. The lowest BCUT2D eigenvalue weighted by atomic mass is 10.1. The van der Waals surface area contributed by atoms with Gasteiger partial charge in [-0.25, -0.2) is 0 Å². The molecule has 3 rings (SSSR count). The Hall–Kier alpha value is -3.48. The zero-order chi connectivity index (χ0) is 17.8. The zero-order valence-corrected chi connectivity index (χ0v) is 13.4. The Morgan fingerprint density at radius 2 is 1.92 bits per heavy atom. The number of nitro benzene ring substituents is 1. The number of hydrogen-bond acceptors (Lipinski definition) is 6. The molecule has 0 fully saturated rings. The van der Waals surface area contributed by atoms with Crippen molar-refractivity contribution in [2.45, 2.75) is 6.92 Å². The normalized spacial score (nSPS) is 11.1. The Balaban J connectivity index is 2.09. The summed E-state index contributed by atoms with van der Waals surface area (Å²) in [7, 11) is 0. The molecule has 0 unspecified atom stereocenters. The van der Waals surface area contributed by atoms with Crippen molar-refractivity contribution in [1.82, 2.24) is 0 Å². The molecule has 0 amide bonds. The molecular formula is C18H15N3O4. The predicted molar refractivity (Wildman–Crippen MR) is 94.1 cm³/mol. The van der Waals surface area contributed by atoms with Crippen molar-refractivity contribution < 1.29 is 14.8 Å². The van der Waals surface area contributed by atoms with Gasteiger partial charge in [0.05, 0.1) is 11.5 Å². The third-order valence-corrected chi connectivity index (χ3v) is 3.59. The molecule has 0 atom stereocenters. The number of rotatable bonds is 5. The molecule has 0 saturated heterocycles. The Morgan fingerprint density at radius 3 is 2.68 bits per heavy atom. The second kappa shape index (κ2) is 6.96. The molecule has 1 N–H and O–H groups in total. The van der Waals surface area contributed by atoms with Crippen LogP contribution in [-0.4, -0.2) is 16.6 Å². The first-order chi connectivity index (χ1) is 12.1. The standard InChI is InChI=1S/C18H15N3O4/c1-2-25-13-8-9-16(21(23)24)15(11-13)19-20-18-14-6-4-3-5-12(14)7-10-17(18)22/h3-11,22H,2H2,1H3. The second-order valence-electron chi connectivity index (χ2n) is 5.20. The summed E-state index contributed by atoms with van der Waals surface area (Å²) in [6, 6.07) is 14.9. The van der Waals surface area contributed by atoms with Crippen LogP contribution in [-0.2, 0) is 0 Å². The molecule has 126 valence electrons. The molecule has 0 spiro atoms. The van der Waals surface area contributed by atoms with E-state index in [0.29, 0.717) is 17.7 Å². The minimum absolute atomic E-state index is 0.0499. The smallest absolute Gasteiger partial charge is 0.296 e. The first kappa shape index (κ1) is 16.4. The van der Waals surface area contributed by atoms with Crippen molar-refractivity contribution in [2.75, 3.05) is 6.61 Å². The van der Waals surface area contributed by atoms with Crippen LogP contribution in [0.3, 0.4) is 0 Å². The summed E-state index contributed by atoms with van der Waals surface area (Å²) < 4.78 is 5.35. The van der Waals surface area contributed by atoms with Crippen molar-refractivity contribution >= 4 is 27.8 Å². The molecule has 0 bridgehead atoms. The average molecular weight is 337 g/mol. The average Bonchev–Trinajstić information content (AvgIpc) is 2.61. The second-order valence-corrected chi connectivity index (χ2v) is 5.20. The summed E-state index contributed by atoms with van der Waals surface area (Å²) in [6.07, 6.45) is 0. The van der Waals surface area contributed by atoms with Crippen molar-refractivity contribution in [3.63, 3.8) is 0 Å². The van der Waals surface area contributed by atoms with Crippen LogP contribution in [0, 0.1) is 10.1 Å². The van der Waals surface area contributed by atoms with Crippen molar-refractivity contribution in [1.29, 1.82) is 0 Å². The monoisotopic (exact) mass is 337 g/mol. The summed E-state index contributed by atoms with van der Waals surface area (Å²) >= 11 is 0. The molecule has 3 aromatic carbocycles. The van der Waals surface area contributed by atoms with Crippen molar-refractivity contribution in [3.05, 3.63) is 64.7 Å². The highest BCUT2D eigenvalue weighted by molar-refractivity contribution is 5.95. The van der Waals surface area contributed by atoms with Gasteiger partial charge < -0.3 is 9.84 Å². The summed E-state index contributed by atoms with van der Waals surface area (Å²) in [6.45, 7) is 2.25. The van der Waals surface area contributed by atoms with Crippen LogP contribution < -0.4 is 4.74 Å². The molecule has 3 aromatic rings. The number of fused-ring (bicyclic) bond motifs is 1. The van der Waals surface area contributed by atoms with Gasteiger partial charge >= 0.3 is 0 Å². The number of phenols is 1. The van der Waals surface area contributed by atoms with Crippen LogP contribution in [0.4, 0.5) is 17.1 Å². The van der Waals surface area contributed by atoms with Gasteiger partial charge in [0.2, 0.25) is 0 Å². The van der Waals surface area contributed by atoms with Crippen LogP contribution in [0.25, 0.3) is 10.8 Å². The number of ether oxygens (including phenoxy) is 1. The molecule has 0 aromatic heterocycles. The van der Waals surface area contributed by atoms with E-state index < -0.39 is 4.92 Å². The summed E-state index contributed by atoms with van der Waals surface area (Å²) in [5.41, 5.74) is 0.129. The van der Waals surface area contributed by atoms with E-state index in [4.69, 9.17) is 4.74 Å². The van der Waals surface area contributed by atoms with Gasteiger partial charge in [-0.3, -0.25) is 10.1 Å². The number of azo groups is 1. The number of nitrogens with zero attached hydrogens (tertiary/aromatic N) is 3. The van der Waals surface area contributed by atoms with Crippen LogP contribution in [0.2, 0.25) is 0 Å². The maximum Gasteiger partial charge on any atom is 0.296 e. The van der Waals surface area contributed by atoms with Gasteiger partial charge in [-0.1, -0.05) is 30.3 Å². The Labute approximate surface area is 143 Å². The van der Waals surface area contributed by atoms with Gasteiger partial charge in [-0.15, -0.1) is 10.2 Å². The molecular weight excluding hydrogens is 322 g/mol. The predicted octanol–water partition coefficient (Wildman–Crippen LogP) is 5.27. The maximum absolute atomic E-state index is 11.2. The van der Waals surface area contributed by atoms with Gasteiger partial charge in [0.25, 0.3) is 5.69 Å². The Kier molecular flexibility index (Phi) is 4.56. The van der Waals surface area contributed by atoms with Gasteiger partial charge in [-0.05, 0) is 24.4 Å². The molecule has 0 heterocycles. The van der Waals surface area contributed by atoms with Crippen molar-refractivity contribution in [2.24, 2.45) is 10.2 Å². The number of nitro groups is 1. The first-order valence-corrected chi connectivity index (χ1v) is 7.64. The van der Waals surface area contributed by atoms with E-state index >= 15 is 0 Å². The molecule has 0 aliphatic carbocycles. The summed E-state index contributed by atoms with van der Waals surface area (Å²) in [4.78, 5) is 10.7. The van der Waals surface area contributed by atoms with E-state index in [1.165, 1.54) is 24.3 Å². The Morgan fingerprint density at radius 1 is 1.12 bits per heavy atom. The minimum atomic E-state index is -0.535. The lowest BCUT2D eigenvalue weighted by molar-refractivity contribution is -0.384. The quantitative estimate of drug-likeness (QED) is 0.389. The fourth-order valence-electron chi connectivity index (χ4n) is 2.45. The number of phenolic OH excluding ortho intramolecular Hbond substituents is 1. The molecule has 0 aliphatic rings. The van der Waals surface area contributed by atoms with E-state index in [1.54, 1.807) is 12.1 Å². The van der Waals surface area contributed by atoms with Gasteiger partial charge in [0, 0.05) is 17.5 Å². The fraction of sp³-hybridized carbons (Fsp3) is 0.111.